The first-order valence-corrected chi connectivity index (χ1v) is 2.73. The van der Waals surface area contributed by atoms with E-state index in [-0.39, 0.29) is 6.08 Å². The Bertz CT molecular complexity index is 216. The minimum absolute atomic E-state index is 0.292. The molecule has 1 unspecified atom stereocenters. The highest BCUT2D eigenvalue weighted by Gasteiger charge is 2.54. The van der Waals surface area contributed by atoms with Crippen molar-refractivity contribution in [3.8, 4) is 0 Å². The number of hydrogen-bond donors (Lipinski definition) is 0. The van der Waals surface area contributed by atoms with Gasteiger partial charge >= 0.3 is 12.3 Å². The molecular weight excluding hydrogens is 190 g/mol. The van der Waals surface area contributed by atoms with Crippen molar-refractivity contribution in [2.45, 2.75) is 18.4 Å². The molecule has 0 aromatic rings. The van der Waals surface area contributed by atoms with Crippen LogP contribution in [-0.2, 0) is 4.74 Å². The molecule has 0 saturated carbocycles. The lowest BCUT2D eigenvalue weighted by molar-refractivity contribution is -0.286. The summed E-state index contributed by atoms with van der Waals surface area (Å²) in [6, 6.07) is 0. The molecule has 1 nitrogen and oxygen atoms in total. The highest BCUT2D eigenvalue weighted by molar-refractivity contribution is 5.11. The Morgan fingerprint density at radius 2 is 1.83 bits per heavy atom. The summed E-state index contributed by atoms with van der Waals surface area (Å²) >= 11 is 0. The molecule has 0 bridgehead atoms. The maximum absolute atomic E-state index is 12.0. The van der Waals surface area contributed by atoms with Crippen LogP contribution < -0.4 is 0 Å². The molecule has 0 N–H and O–H groups in total. The van der Waals surface area contributed by atoms with E-state index in [1.165, 1.54) is 0 Å². The van der Waals surface area contributed by atoms with Crippen molar-refractivity contribution < 1.29 is 31.1 Å². The van der Waals surface area contributed by atoms with E-state index in [1.807, 2.05) is 0 Å². The van der Waals surface area contributed by atoms with Crippen LogP contribution in [0.5, 0.6) is 0 Å². The highest BCUT2D eigenvalue weighted by Crippen LogP contribution is 2.40. The Labute approximate surface area is 62.6 Å². The quantitative estimate of drug-likeness (QED) is 0.535. The minimum atomic E-state index is -5.00. The fraction of sp³-hybridized carbons (Fsp3) is 0.600. The van der Waals surface area contributed by atoms with Crippen LogP contribution in [0, 0.1) is 0 Å². The van der Waals surface area contributed by atoms with Gasteiger partial charge in [0.05, 0.1) is 0 Å². The van der Waals surface area contributed by atoms with Crippen molar-refractivity contribution in [1.29, 1.82) is 0 Å². The Morgan fingerprint density at radius 1 is 1.33 bits per heavy atom. The van der Waals surface area contributed by atoms with Gasteiger partial charge in [0.15, 0.2) is 11.9 Å². The average Bonchev–Trinajstić information content (AvgIpc) is 2.06. The van der Waals surface area contributed by atoms with E-state index in [0.717, 1.165) is 0 Å². The molecule has 0 amide bonds. The number of alkyl halides is 5. The molecule has 0 aromatic heterocycles. The Hall–Kier alpha value is -0.720. The van der Waals surface area contributed by atoms with Crippen molar-refractivity contribution in [2.75, 3.05) is 0 Å². The first-order valence-electron chi connectivity index (χ1n) is 2.73. The lowest BCUT2D eigenvalue weighted by Crippen LogP contribution is -2.31. The SMILES string of the molecule is FC1=CC(C(F)(F)F)OC1(F)F. The van der Waals surface area contributed by atoms with Gasteiger partial charge in [-0.15, -0.1) is 0 Å². The van der Waals surface area contributed by atoms with E-state index >= 15 is 0 Å². The van der Waals surface area contributed by atoms with Crippen LogP contribution in [-0.4, -0.2) is 18.4 Å². The monoisotopic (exact) mass is 192 g/mol. The predicted molar refractivity (Wildman–Crippen MR) is 25.1 cm³/mol. The average molecular weight is 192 g/mol. The van der Waals surface area contributed by atoms with Crippen molar-refractivity contribution in [2.24, 2.45) is 0 Å². The van der Waals surface area contributed by atoms with E-state index in [9.17, 15) is 26.3 Å². The largest absolute Gasteiger partial charge is 0.418 e. The zero-order valence-corrected chi connectivity index (χ0v) is 5.33. The van der Waals surface area contributed by atoms with E-state index in [0.29, 0.717) is 0 Å². The number of hydrogen-bond acceptors (Lipinski definition) is 1. The summed E-state index contributed by atoms with van der Waals surface area (Å²) in [6.07, 6.45) is -12.6. The molecule has 1 atom stereocenters. The molecule has 1 aliphatic heterocycles. The molecule has 1 rings (SSSR count). The van der Waals surface area contributed by atoms with Crippen LogP contribution in [0.25, 0.3) is 0 Å². The normalized spacial score (nSPS) is 28.8. The summed E-state index contributed by atoms with van der Waals surface area (Å²) in [4.78, 5) is 0. The summed E-state index contributed by atoms with van der Waals surface area (Å²) in [6.45, 7) is 0. The van der Waals surface area contributed by atoms with E-state index in [2.05, 4.69) is 4.74 Å². The Balaban J connectivity index is 2.81. The van der Waals surface area contributed by atoms with Crippen molar-refractivity contribution in [1.82, 2.24) is 0 Å². The van der Waals surface area contributed by atoms with Gasteiger partial charge < -0.3 is 0 Å². The molecule has 0 saturated heterocycles. The smallest absolute Gasteiger partial charge is 0.297 e. The predicted octanol–water partition coefficient (Wildman–Crippen LogP) is 2.39. The summed E-state index contributed by atoms with van der Waals surface area (Å²) in [5.74, 6) is -2.20. The van der Waals surface area contributed by atoms with Crippen LogP contribution in [0.1, 0.15) is 0 Å². The third kappa shape index (κ3) is 1.55. The van der Waals surface area contributed by atoms with Gasteiger partial charge in [0.1, 0.15) is 0 Å². The molecule has 1 heterocycles. The molecule has 0 radical (unpaired) electrons. The van der Waals surface area contributed by atoms with Gasteiger partial charge in [0.2, 0.25) is 0 Å². The highest BCUT2D eigenvalue weighted by atomic mass is 19.4. The fourth-order valence-electron chi connectivity index (χ4n) is 0.641. The van der Waals surface area contributed by atoms with Gasteiger partial charge in [-0.1, -0.05) is 0 Å². The van der Waals surface area contributed by atoms with Crippen molar-refractivity contribution in [3.63, 3.8) is 0 Å². The van der Waals surface area contributed by atoms with Crippen molar-refractivity contribution in [3.05, 3.63) is 11.9 Å². The molecule has 0 aliphatic carbocycles. The van der Waals surface area contributed by atoms with Gasteiger partial charge in [-0.25, -0.2) is 4.39 Å². The first-order chi connectivity index (χ1) is 5.23. The van der Waals surface area contributed by atoms with Gasteiger partial charge in [-0.2, -0.15) is 22.0 Å². The van der Waals surface area contributed by atoms with E-state index < -0.39 is 24.2 Å². The standard InChI is InChI=1S/C5H2F6O/c6-2-1-3(4(7,8)9)12-5(2,10)11/h1,3H. The molecule has 0 fully saturated rings. The van der Waals surface area contributed by atoms with Crippen LogP contribution in [0.4, 0.5) is 26.3 Å². The van der Waals surface area contributed by atoms with Crippen LogP contribution >= 0.6 is 0 Å². The maximum atomic E-state index is 12.0. The summed E-state index contributed by atoms with van der Waals surface area (Å²) in [7, 11) is 0. The third-order valence-electron chi connectivity index (χ3n) is 1.17. The van der Waals surface area contributed by atoms with Crippen molar-refractivity contribution >= 4 is 0 Å². The van der Waals surface area contributed by atoms with Gasteiger partial charge in [0.25, 0.3) is 0 Å². The summed E-state index contributed by atoms with van der Waals surface area (Å²) in [5.41, 5.74) is 0. The zero-order valence-electron chi connectivity index (χ0n) is 5.33. The maximum Gasteiger partial charge on any atom is 0.418 e. The lowest BCUT2D eigenvalue weighted by Gasteiger charge is -2.14. The fourth-order valence-corrected chi connectivity index (χ4v) is 0.641. The second kappa shape index (κ2) is 2.38. The number of rotatable bonds is 0. The van der Waals surface area contributed by atoms with Gasteiger partial charge in [-0.3, -0.25) is 4.74 Å². The molecule has 0 aromatic carbocycles. The Morgan fingerprint density at radius 3 is 2.00 bits per heavy atom. The lowest BCUT2D eigenvalue weighted by atomic mass is 10.3. The molecule has 1 aliphatic rings. The molecule has 7 heteroatoms. The second-order valence-corrected chi connectivity index (χ2v) is 2.11. The summed E-state index contributed by atoms with van der Waals surface area (Å²) < 4.78 is 73.8. The second-order valence-electron chi connectivity index (χ2n) is 2.11. The summed E-state index contributed by atoms with van der Waals surface area (Å²) in [5, 5.41) is 0. The Kier molecular flexibility index (Phi) is 1.86. The molecule has 70 valence electrons. The van der Waals surface area contributed by atoms with Crippen LogP contribution in [0.15, 0.2) is 11.9 Å². The third-order valence-corrected chi connectivity index (χ3v) is 1.17. The van der Waals surface area contributed by atoms with Crippen LogP contribution in [0.2, 0.25) is 0 Å². The molecule has 0 spiro atoms. The number of ether oxygens (including phenoxy) is 1. The molecule has 12 heavy (non-hydrogen) atoms. The van der Waals surface area contributed by atoms with E-state index in [1.54, 1.807) is 0 Å². The molecular formula is C5H2F6O. The minimum Gasteiger partial charge on any atom is -0.297 e. The number of halogens is 6. The van der Waals surface area contributed by atoms with Crippen LogP contribution in [0.3, 0.4) is 0 Å². The topological polar surface area (TPSA) is 9.23 Å². The zero-order chi connectivity index (χ0) is 9.57. The van der Waals surface area contributed by atoms with E-state index in [4.69, 9.17) is 0 Å². The first kappa shape index (κ1) is 9.37. The van der Waals surface area contributed by atoms with Gasteiger partial charge in [-0.05, 0) is 6.08 Å². The van der Waals surface area contributed by atoms with Gasteiger partial charge in [0, 0.05) is 0 Å².